The monoisotopic (exact) mass is 364 g/mol. The normalized spacial score (nSPS) is 21.1. The predicted octanol–water partition coefficient (Wildman–Crippen LogP) is 1.47. The van der Waals surface area contributed by atoms with E-state index in [0.29, 0.717) is 24.0 Å². The maximum absolute atomic E-state index is 13.9. The number of ketones is 1. The van der Waals surface area contributed by atoms with Gasteiger partial charge in [0.15, 0.2) is 5.78 Å². The van der Waals surface area contributed by atoms with Crippen molar-refractivity contribution in [3.63, 3.8) is 0 Å². The molecule has 0 saturated carbocycles. The van der Waals surface area contributed by atoms with Crippen molar-refractivity contribution in [1.82, 2.24) is 10.0 Å². The van der Waals surface area contributed by atoms with E-state index in [1.807, 2.05) is 0 Å². The zero-order chi connectivity index (χ0) is 17.8. The molecule has 2 unspecified atom stereocenters. The standard InChI is InChI=1S/C16H17FN4O3S/c17-12-7-10(2-1-4-20-25(23)24)6-11(8-12)15(22)14-9-18-16-13(14)3-5-19-21-16/h3,5-9,13,16,18,25H,1-2,4H2,(H,20,23,24). The predicted molar refractivity (Wildman–Crippen MR) is 89.9 cm³/mol. The summed E-state index contributed by atoms with van der Waals surface area (Å²) in [6.07, 6.45) is 5.62. The molecule has 9 heteroatoms. The number of hydrogen-bond donors (Lipinski definition) is 3. The van der Waals surface area contributed by atoms with Gasteiger partial charge in [-0.25, -0.2) is 17.5 Å². The topological polar surface area (TPSA) is 100.0 Å². The Morgan fingerprint density at radius 1 is 1.32 bits per heavy atom. The fraction of sp³-hybridized carbons (Fsp3) is 0.312. The number of fused-ring (bicyclic) bond motifs is 1. The summed E-state index contributed by atoms with van der Waals surface area (Å²) < 4.78 is 37.1. The van der Waals surface area contributed by atoms with Crippen LogP contribution < -0.4 is 10.0 Å². The van der Waals surface area contributed by atoms with Gasteiger partial charge in [0.1, 0.15) is 12.0 Å². The summed E-state index contributed by atoms with van der Waals surface area (Å²) in [4.78, 5) is 12.8. The molecule has 2 atom stereocenters. The number of nitrogens with one attached hydrogen (secondary N) is 2. The molecule has 1 aromatic carbocycles. The van der Waals surface area contributed by atoms with E-state index in [9.17, 15) is 17.6 Å². The van der Waals surface area contributed by atoms with Crippen LogP contribution in [-0.2, 0) is 17.3 Å². The zero-order valence-electron chi connectivity index (χ0n) is 13.2. The third kappa shape index (κ3) is 4.18. The van der Waals surface area contributed by atoms with Crippen molar-refractivity contribution < 1.29 is 17.6 Å². The van der Waals surface area contributed by atoms with Gasteiger partial charge in [0, 0.05) is 30.1 Å². The molecule has 3 rings (SSSR count). The van der Waals surface area contributed by atoms with Crippen molar-refractivity contribution in [2.45, 2.75) is 19.0 Å². The molecule has 2 aliphatic heterocycles. The van der Waals surface area contributed by atoms with E-state index in [4.69, 9.17) is 0 Å². The van der Waals surface area contributed by atoms with Crippen LogP contribution in [0.25, 0.3) is 0 Å². The van der Waals surface area contributed by atoms with Crippen molar-refractivity contribution in [1.29, 1.82) is 0 Å². The molecule has 25 heavy (non-hydrogen) atoms. The molecule has 0 fully saturated rings. The van der Waals surface area contributed by atoms with Crippen molar-refractivity contribution in [2.24, 2.45) is 16.1 Å². The highest BCUT2D eigenvalue weighted by atomic mass is 32.2. The van der Waals surface area contributed by atoms with Gasteiger partial charge in [-0.2, -0.15) is 10.2 Å². The SMILES string of the molecule is O=C(C1=CNC2N=NC=CC12)c1cc(F)cc(CCCN[SH](=O)=O)c1. The van der Waals surface area contributed by atoms with E-state index in [2.05, 4.69) is 20.3 Å². The first-order valence-corrected chi connectivity index (χ1v) is 8.97. The molecule has 0 radical (unpaired) electrons. The number of halogens is 1. The van der Waals surface area contributed by atoms with Crippen molar-refractivity contribution in [2.75, 3.05) is 6.54 Å². The first kappa shape index (κ1) is 17.4. The molecule has 0 saturated heterocycles. The number of aryl methyl sites for hydroxylation is 1. The highest BCUT2D eigenvalue weighted by molar-refractivity contribution is 7.70. The van der Waals surface area contributed by atoms with Crippen LogP contribution in [0.1, 0.15) is 22.3 Å². The second-order valence-electron chi connectivity index (χ2n) is 5.76. The summed E-state index contributed by atoms with van der Waals surface area (Å²) in [6.45, 7) is 0.271. The van der Waals surface area contributed by atoms with Gasteiger partial charge >= 0.3 is 0 Å². The molecular weight excluding hydrogens is 347 g/mol. The summed E-state index contributed by atoms with van der Waals surface area (Å²) >= 11 is 0. The number of benzene rings is 1. The van der Waals surface area contributed by atoms with Crippen LogP contribution in [-0.4, -0.2) is 26.9 Å². The molecule has 0 spiro atoms. The molecule has 2 aliphatic rings. The second kappa shape index (κ2) is 7.66. The van der Waals surface area contributed by atoms with Crippen LogP contribution in [0.2, 0.25) is 0 Å². The molecular formula is C16H17FN4O3S. The lowest BCUT2D eigenvalue weighted by Crippen LogP contribution is -2.26. The Morgan fingerprint density at radius 3 is 2.96 bits per heavy atom. The van der Waals surface area contributed by atoms with Gasteiger partial charge in [-0.15, -0.1) is 0 Å². The molecule has 0 bridgehead atoms. The zero-order valence-corrected chi connectivity index (χ0v) is 14.1. The minimum Gasteiger partial charge on any atom is -0.367 e. The lowest BCUT2D eigenvalue weighted by molar-refractivity contribution is 0.102. The number of Topliss-reactive ketones (excluding diaryl/α,β-unsaturated/α-hetero) is 1. The fourth-order valence-electron chi connectivity index (χ4n) is 2.87. The Hall–Kier alpha value is -2.39. The minimum atomic E-state index is -2.63. The third-order valence-electron chi connectivity index (χ3n) is 4.03. The number of rotatable bonds is 7. The van der Waals surface area contributed by atoms with E-state index in [1.54, 1.807) is 24.5 Å². The fourth-order valence-corrected chi connectivity index (χ4v) is 3.21. The van der Waals surface area contributed by atoms with Crippen molar-refractivity contribution in [3.8, 4) is 0 Å². The smallest absolute Gasteiger partial charge is 0.201 e. The Morgan fingerprint density at radius 2 is 2.16 bits per heavy atom. The van der Waals surface area contributed by atoms with Crippen LogP contribution >= 0.6 is 0 Å². The number of carbonyl (C=O) groups excluding carboxylic acids is 1. The van der Waals surface area contributed by atoms with Crippen LogP contribution in [0.4, 0.5) is 4.39 Å². The van der Waals surface area contributed by atoms with Crippen LogP contribution in [0.15, 0.2) is 52.5 Å². The van der Waals surface area contributed by atoms with Crippen LogP contribution in [0.3, 0.4) is 0 Å². The van der Waals surface area contributed by atoms with E-state index in [-0.39, 0.29) is 30.0 Å². The highest BCUT2D eigenvalue weighted by Crippen LogP contribution is 2.29. The number of carbonyl (C=O) groups is 1. The molecule has 2 heterocycles. The third-order valence-corrected chi connectivity index (χ3v) is 4.51. The van der Waals surface area contributed by atoms with Gasteiger partial charge in [0.25, 0.3) is 0 Å². The Labute approximate surface area is 145 Å². The van der Waals surface area contributed by atoms with E-state index < -0.39 is 16.7 Å². The van der Waals surface area contributed by atoms with Gasteiger partial charge in [0.05, 0.1) is 5.92 Å². The van der Waals surface area contributed by atoms with E-state index >= 15 is 0 Å². The molecule has 2 N–H and O–H groups in total. The van der Waals surface area contributed by atoms with Crippen molar-refractivity contribution >= 4 is 16.7 Å². The molecule has 7 nitrogen and oxygen atoms in total. The Kier molecular flexibility index (Phi) is 5.34. The Balaban J connectivity index is 1.72. The van der Waals surface area contributed by atoms with Gasteiger partial charge in [0.2, 0.25) is 10.9 Å². The maximum atomic E-state index is 13.9. The summed E-state index contributed by atoms with van der Waals surface area (Å²) in [5, 5.41) is 10.8. The van der Waals surface area contributed by atoms with Gasteiger partial charge in [-0.1, -0.05) is 6.08 Å². The first-order chi connectivity index (χ1) is 12.0. The highest BCUT2D eigenvalue weighted by Gasteiger charge is 2.33. The second-order valence-corrected chi connectivity index (χ2v) is 6.59. The molecule has 0 aliphatic carbocycles. The average molecular weight is 364 g/mol. The van der Waals surface area contributed by atoms with Gasteiger partial charge in [-0.05, 0) is 36.6 Å². The minimum absolute atomic E-state index is 0.214. The van der Waals surface area contributed by atoms with Crippen molar-refractivity contribution in [3.05, 3.63) is 59.2 Å². The maximum Gasteiger partial charge on any atom is 0.201 e. The largest absolute Gasteiger partial charge is 0.367 e. The lowest BCUT2D eigenvalue weighted by Gasteiger charge is -2.16. The van der Waals surface area contributed by atoms with Gasteiger partial charge in [-0.3, -0.25) is 4.79 Å². The van der Waals surface area contributed by atoms with Crippen LogP contribution in [0, 0.1) is 11.7 Å². The van der Waals surface area contributed by atoms with Gasteiger partial charge < -0.3 is 5.32 Å². The number of thiol groups is 1. The number of azo groups is 1. The van der Waals surface area contributed by atoms with E-state index in [0.717, 1.165) is 0 Å². The van der Waals surface area contributed by atoms with E-state index in [1.165, 1.54) is 12.1 Å². The number of nitrogens with zero attached hydrogens (tertiary/aromatic N) is 2. The molecule has 1 aromatic rings. The quantitative estimate of drug-likeness (QED) is 0.387. The first-order valence-electron chi connectivity index (χ1n) is 7.79. The molecule has 0 amide bonds. The molecule has 0 aromatic heterocycles. The summed E-state index contributed by atoms with van der Waals surface area (Å²) in [5.74, 6) is -0.969. The Bertz CT molecular complexity index is 840. The molecule has 132 valence electrons. The summed E-state index contributed by atoms with van der Waals surface area (Å²) in [7, 11) is -2.63. The average Bonchev–Trinajstić information content (AvgIpc) is 3.01. The summed E-state index contributed by atoms with van der Waals surface area (Å²) in [5.41, 5.74) is 1.43. The van der Waals surface area contributed by atoms with Crippen LogP contribution in [0.5, 0.6) is 0 Å². The number of hydrogen-bond acceptors (Lipinski definition) is 6. The summed E-state index contributed by atoms with van der Waals surface area (Å²) in [6, 6.07) is 4.21. The lowest BCUT2D eigenvalue weighted by atomic mass is 9.91.